The van der Waals surface area contributed by atoms with Crippen molar-refractivity contribution in [2.75, 3.05) is 0 Å². The molecule has 0 aliphatic heterocycles. The maximum absolute atomic E-state index is 5.05. The molecule has 10 rings (SSSR count). The van der Waals surface area contributed by atoms with E-state index in [9.17, 15) is 0 Å². The summed E-state index contributed by atoms with van der Waals surface area (Å²) >= 11 is 1.87. The van der Waals surface area contributed by atoms with E-state index in [0.717, 1.165) is 39.6 Å². The predicted octanol–water partition coefficient (Wildman–Crippen LogP) is 12.1. The van der Waals surface area contributed by atoms with Crippen LogP contribution < -0.4 is 0 Å². The smallest absolute Gasteiger partial charge is 0.160 e. The number of aromatic nitrogens is 3. The molecule has 0 atom stereocenters. The Kier molecular flexibility index (Phi) is 6.05. The molecule has 48 heavy (non-hydrogen) atoms. The van der Waals surface area contributed by atoms with Crippen LogP contribution in [0, 0.1) is 0 Å². The molecule has 0 aliphatic carbocycles. The molecule has 0 spiro atoms. The van der Waals surface area contributed by atoms with Gasteiger partial charge in [-0.3, -0.25) is 0 Å². The van der Waals surface area contributed by atoms with Crippen molar-refractivity contribution in [2.24, 2.45) is 0 Å². The van der Waals surface area contributed by atoms with E-state index in [1.807, 2.05) is 47.7 Å². The molecule has 4 heteroatoms. The molecule has 3 heterocycles. The van der Waals surface area contributed by atoms with Crippen molar-refractivity contribution in [2.45, 2.75) is 0 Å². The van der Waals surface area contributed by atoms with Gasteiger partial charge in [0.05, 0.1) is 22.4 Å². The zero-order valence-corrected chi connectivity index (χ0v) is 26.7. The van der Waals surface area contributed by atoms with Gasteiger partial charge in [0.2, 0.25) is 0 Å². The van der Waals surface area contributed by atoms with Crippen molar-refractivity contribution in [1.29, 1.82) is 0 Å². The van der Waals surface area contributed by atoms with Gasteiger partial charge in [-0.25, -0.2) is 9.97 Å². The van der Waals surface area contributed by atoms with Crippen LogP contribution in [0.1, 0.15) is 0 Å². The zero-order chi connectivity index (χ0) is 31.6. The Hall–Kier alpha value is -6.10. The van der Waals surface area contributed by atoms with E-state index in [-0.39, 0.29) is 0 Å². The van der Waals surface area contributed by atoms with Crippen LogP contribution in [0.15, 0.2) is 164 Å². The van der Waals surface area contributed by atoms with Crippen LogP contribution in [0.5, 0.6) is 0 Å². The molecule has 7 aromatic carbocycles. The fourth-order valence-electron chi connectivity index (χ4n) is 7.06. The Labute approximate surface area is 281 Å². The second-order valence-electron chi connectivity index (χ2n) is 12.3. The number of fused-ring (bicyclic) bond motifs is 7. The number of hydrogen-bond donors (Lipinski definition) is 0. The van der Waals surface area contributed by atoms with Crippen LogP contribution >= 0.6 is 11.3 Å². The van der Waals surface area contributed by atoms with Gasteiger partial charge in [-0.1, -0.05) is 109 Å². The summed E-state index contributed by atoms with van der Waals surface area (Å²) in [6, 6.07) is 58.4. The summed E-state index contributed by atoms with van der Waals surface area (Å²) < 4.78 is 5.05. The lowest BCUT2D eigenvalue weighted by Gasteiger charge is -2.12. The molecular weight excluding hydrogens is 603 g/mol. The Balaban J connectivity index is 1.13. The first-order chi connectivity index (χ1) is 23.8. The maximum Gasteiger partial charge on any atom is 0.160 e. The summed E-state index contributed by atoms with van der Waals surface area (Å²) in [4.78, 5) is 10.0. The third-order valence-electron chi connectivity index (χ3n) is 9.38. The Bertz CT molecular complexity index is 2760. The minimum Gasteiger partial charge on any atom is -0.309 e. The van der Waals surface area contributed by atoms with E-state index in [1.165, 1.54) is 52.8 Å². The molecule has 10 aromatic rings. The first-order valence-electron chi connectivity index (χ1n) is 16.2. The summed E-state index contributed by atoms with van der Waals surface area (Å²) in [5.41, 5.74) is 8.44. The number of para-hydroxylation sites is 1. The molecule has 0 fully saturated rings. The molecule has 0 unspecified atom stereocenters. The summed E-state index contributed by atoms with van der Waals surface area (Å²) in [6.07, 6.45) is 0. The molecule has 0 N–H and O–H groups in total. The number of hydrogen-bond acceptors (Lipinski definition) is 3. The molecule has 0 saturated carbocycles. The largest absolute Gasteiger partial charge is 0.309 e. The van der Waals surface area contributed by atoms with Gasteiger partial charge in [-0.15, -0.1) is 11.3 Å². The quantitative estimate of drug-likeness (QED) is 0.194. The maximum atomic E-state index is 5.05. The molecule has 0 aliphatic rings. The third-order valence-corrected chi connectivity index (χ3v) is 10.5. The lowest BCUT2D eigenvalue weighted by molar-refractivity contribution is 1.17. The van der Waals surface area contributed by atoms with Crippen LogP contribution in [-0.4, -0.2) is 14.5 Å². The van der Waals surface area contributed by atoms with Gasteiger partial charge in [0.1, 0.15) is 0 Å². The Morgan fingerprint density at radius 3 is 1.77 bits per heavy atom. The second-order valence-corrected chi connectivity index (χ2v) is 13.3. The molecule has 0 radical (unpaired) electrons. The normalized spacial score (nSPS) is 11.8. The topological polar surface area (TPSA) is 30.7 Å². The van der Waals surface area contributed by atoms with Gasteiger partial charge < -0.3 is 4.57 Å². The highest BCUT2D eigenvalue weighted by molar-refractivity contribution is 7.25. The van der Waals surface area contributed by atoms with E-state index >= 15 is 0 Å². The molecule has 0 amide bonds. The summed E-state index contributed by atoms with van der Waals surface area (Å²) in [5.74, 6) is 0.720. The Morgan fingerprint density at radius 2 is 1.00 bits per heavy atom. The fourth-order valence-corrected chi connectivity index (χ4v) is 8.20. The van der Waals surface area contributed by atoms with Gasteiger partial charge >= 0.3 is 0 Å². The zero-order valence-electron chi connectivity index (χ0n) is 25.8. The molecule has 0 bridgehead atoms. The van der Waals surface area contributed by atoms with E-state index < -0.39 is 0 Å². The van der Waals surface area contributed by atoms with Crippen molar-refractivity contribution in [1.82, 2.24) is 14.5 Å². The van der Waals surface area contributed by atoms with Crippen LogP contribution in [0.3, 0.4) is 0 Å². The number of benzene rings is 7. The SMILES string of the molecule is c1ccc(-c2cc(-c3ccc(-n4c5ccccc5c5cc6cc7c(cc6cc54)sc4ccccc47)cc3)nc(-c3ccccc3)n2)cc1. The van der Waals surface area contributed by atoms with E-state index in [1.54, 1.807) is 0 Å². The fraction of sp³-hybridized carbons (Fsp3) is 0. The van der Waals surface area contributed by atoms with Gasteiger partial charge in [0.15, 0.2) is 5.82 Å². The monoisotopic (exact) mass is 629 g/mol. The van der Waals surface area contributed by atoms with Crippen molar-refractivity contribution in [3.63, 3.8) is 0 Å². The molecular formula is C44H27N3S. The molecule has 224 valence electrons. The minimum atomic E-state index is 0.720. The van der Waals surface area contributed by atoms with Gasteiger partial charge in [0, 0.05) is 53.3 Å². The lowest BCUT2D eigenvalue weighted by atomic mass is 10.0. The molecule has 3 aromatic heterocycles. The highest BCUT2D eigenvalue weighted by Gasteiger charge is 2.16. The van der Waals surface area contributed by atoms with E-state index in [4.69, 9.17) is 9.97 Å². The number of thiophene rings is 1. The van der Waals surface area contributed by atoms with Gasteiger partial charge in [-0.05, 0) is 65.4 Å². The summed E-state index contributed by atoms with van der Waals surface area (Å²) in [5, 5.41) is 7.70. The Morgan fingerprint density at radius 1 is 0.396 bits per heavy atom. The first-order valence-corrected chi connectivity index (χ1v) is 17.0. The highest BCUT2D eigenvalue weighted by Crippen LogP contribution is 2.40. The van der Waals surface area contributed by atoms with Crippen molar-refractivity contribution in [3.05, 3.63) is 164 Å². The number of nitrogens with zero attached hydrogens (tertiary/aromatic N) is 3. The standard InChI is InChI=1S/C44H27N3S/c1-3-11-28(12-4-1)38-27-39(46-44(45-38)30-13-5-2-6-14-30)29-19-21-33(22-20-29)47-40-17-9-7-15-34(40)36-23-31-24-37-35-16-8-10-18-42(35)48-43(37)26-32(31)25-41(36)47/h1-27H. The lowest BCUT2D eigenvalue weighted by Crippen LogP contribution is -1.97. The van der Waals surface area contributed by atoms with E-state index in [0.29, 0.717) is 0 Å². The highest BCUT2D eigenvalue weighted by atomic mass is 32.1. The number of rotatable bonds is 4. The average Bonchev–Trinajstić information content (AvgIpc) is 3.68. The van der Waals surface area contributed by atoms with Crippen molar-refractivity contribution < 1.29 is 0 Å². The predicted molar refractivity (Wildman–Crippen MR) is 203 cm³/mol. The van der Waals surface area contributed by atoms with Crippen molar-refractivity contribution >= 4 is 64.1 Å². The molecule has 0 saturated heterocycles. The van der Waals surface area contributed by atoms with Crippen LogP contribution in [0.4, 0.5) is 0 Å². The van der Waals surface area contributed by atoms with Gasteiger partial charge in [0.25, 0.3) is 0 Å². The first kappa shape index (κ1) is 27.1. The van der Waals surface area contributed by atoms with Crippen molar-refractivity contribution in [3.8, 4) is 39.6 Å². The minimum absolute atomic E-state index is 0.720. The van der Waals surface area contributed by atoms with Gasteiger partial charge in [-0.2, -0.15) is 0 Å². The summed E-state index contributed by atoms with van der Waals surface area (Å²) in [6.45, 7) is 0. The van der Waals surface area contributed by atoms with E-state index in [2.05, 4.69) is 132 Å². The van der Waals surface area contributed by atoms with Crippen LogP contribution in [0.2, 0.25) is 0 Å². The van der Waals surface area contributed by atoms with Crippen LogP contribution in [0.25, 0.3) is 92.3 Å². The summed E-state index contributed by atoms with van der Waals surface area (Å²) in [7, 11) is 0. The van der Waals surface area contributed by atoms with Crippen LogP contribution in [-0.2, 0) is 0 Å². The molecule has 3 nitrogen and oxygen atoms in total. The third kappa shape index (κ3) is 4.34. The average molecular weight is 630 g/mol. The second kappa shape index (κ2) is 10.7.